The van der Waals surface area contributed by atoms with Crippen LogP contribution in [0.3, 0.4) is 0 Å². The molecule has 36 heavy (non-hydrogen) atoms. The Morgan fingerprint density at radius 1 is 0.667 bits per heavy atom. The van der Waals surface area contributed by atoms with Crippen LogP contribution in [0.25, 0.3) is 66.5 Å². The van der Waals surface area contributed by atoms with Crippen LogP contribution in [0.2, 0.25) is 0 Å². The first-order valence-electron chi connectivity index (χ1n) is 12.0. The van der Waals surface area contributed by atoms with Gasteiger partial charge in [-0.2, -0.15) is 0 Å². The van der Waals surface area contributed by atoms with Crippen LogP contribution in [0, 0.1) is 0 Å². The number of para-hydroxylation sites is 2. The van der Waals surface area contributed by atoms with Gasteiger partial charge in [-0.15, -0.1) is 0 Å². The zero-order valence-electron chi connectivity index (χ0n) is 20.2. The second-order valence-electron chi connectivity index (χ2n) is 10.1. The van der Waals surface area contributed by atoms with Gasteiger partial charge in [-0.05, 0) is 42.5 Å². The third kappa shape index (κ3) is 3.13. The van der Waals surface area contributed by atoms with Crippen LogP contribution in [0.15, 0.2) is 93.9 Å². The number of furan rings is 2. The number of fused-ring (bicyclic) bond motifs is 6. The first-order chi connectivity index (χ1) is 17.5. The minimum atomic E-state index is -0.241. The number of hydrogen-bond donors (Lipinski definition) is 0. The van der Waals surface area contributed by atoms with E-state index in [9.17, 15) is 0 Å². The van der Waals surface area contributed by atoms with Gasteiger partial charge in [0.1, 0.15) is 33.8 Å². The quantitative estimate of drug-likeness (QED) is 0.255. The lowest BCUT2D eigenvalue weighted by Gasteiger charge is -2.17. The van der Waals surface area contributed by atoms with Gasteiger partial charge >= 0.3 is 0 Å². The summed E-state index contributed by atoms with van der Waals surface area (Å²) in [6.07, 6.45) is 1.79. The van der Waals surface area contributed by atoms with Gasteiger partial charge < -0.3 is 8.83 Å². The summed E-state index contributed by atoms with van der Waals surface area (Å²) < 4.78 is 12.7. The van der Waals surface area contributed by atoms with Crippen LogP contribution in [-0.4, -0.2) is 15.0 Å². The van der Waals surface area contributed by atoms with E-state index in [-0.39, 0.29) is 5.41 Å². The van der Waals surface area contributed by atoms with E-state index in [2.05, 4.69) is 56.1 Å². The Morgan fingerprint density at radius 2 is 1.47 bits per heavy atom. The minimum Gasteiger partial charge on any atom is -0.456 e. The van der Waals surface area contributed by atoms with Gasteiger partial charge in [0.05, 0.1) is 5.69 Å². The Morgan fingerprint density at radius 3 is 2.31 bits per heavy atom. The predicted octanol–water partition coefficient (Wildman–Crippen LogP) is 8.30. The molecule has 0 fully saturated rings. The summed E-state index contributed by atoms with van der Waals surface area (Å²) in [7, 11) is 0. The molecule has 0 atom stereocenters. The molecule has 0 aliphatic carbocycles. The van der Waals surface area contributed by atoms with Crippen molar-refractivity contribution in [2.75, 3.05) is 0 Å². The van der Waals surface area contributed by atoms with Crippen LogP contribution in [0.4, 0.5) is 0 Å². The number of pyridine rings is 1. The summed E-state index contributed by atoms with van der Waals surface area (Å²) >= 11 is 0. The summed E-state index contributed by atoms with van der Waals surface area (Å²) in [5, 5.41) is 3.14. The highest BCUT2D eigenvalue weighted by molar-refractivity contribution is 6.11. The Bertz CT molecular complexity index is 1930. The largest absolute Gasteiger partial charge is 0.456 e. The van der Waals surface area contributed by atoms with E-state index >= 15 is 0 Å². The summed E-state index contributed by atoms with van der Waals surface area (Å²) in [6, 6.07) is 26.3. The minimum absolute atomic E-state index is 0.241. The molecule has 0 aliphatic heterocycles. The third-order valence-electron chi connectivity index (χ3n) is 6.60. The fourth-order valence-electron chi connectivity index (χ4n) is 4.79. The van der Waals surface area contributed by atoms with E-state index in [0.717, 1.165) is 66.8 Å². The van der Waals surface area contributed by atoms with Crippen LogP contribution < -0.4 is 0 Å². The zero-order valence-corrected chi connectivity index (χ0v) is 20.2. The summed E-state index contributed by atoms with van der Waals surface area (Å²) in [6.45, 7) is 6.38. The molecule has 5 nitrogen and oxygen atoms in total. The van der Waals surface area contributed by atoms with E-state index < -0.39 is 0 Å². The molecule has 3 aromatic carbocycles. The topological polar surface area (TPSA) is 65.0 Å². The number of rotatable bonds is 2. The number of hydrogen-bond acceptors (Lipinski definition) is 5. The molecule has 7 rings (SSSR count). The van der Waals surface area contributed by atoms with Crippen LogP contribution in [-0.2, 0) is 5.41 Å². The maximum absolute atomic E-state index is 6.57. The number of nitrogens with zero attached hydrogens (tertiary/aromatic N) is 3. The van der Waals surface area contributed by atoms with E-state index in [1.165, 1.54) is 0 Å². The third-order valence-corrected chi connectivity index (χ3v) is 6.60. The molecule has 0 amide bonds. The molecule has 0 aliphatic rings. The fourth-order valence-corrected chi connectivity index (χ4v) is 4.79. The summed E-state index contributed by atoms with van der Waals surface area (Å²) in [4.78, 5) is 14.6. The lowest BCUT2D eigenvalue weighted by atomic mass is 9.95. The van der Waals surface area contributed by atoms with Crippen molar-refractivity contribution in [1.82, 2.24) is 15.0 Å². The first-order valence-corrected chi connectivity index (χ1v) is 12.0. The highest BCUT2D eigenvalue weighted by Gasteiger charge is 2.25. The second-order valence-corrected chi connectivity index (χ2v) is 10.1. The van der Waals surface area contributed by atoms with Gasteiger partial charge in [0.15, 0.2) is 5.58 Å². The molecule has 4 aromatic heterocycles. The molecule has 0 unspecified atom stereocenters. The van der Waals surface area contributed by atoms with E-state index in [4.69, 9.17) is 18.8 Å². The molecule has 0 saturated heterocycles. The van der Waals surface area contributed by atoms with Crippen molar-refractivity contribution in [3.05, 3.63) is 90.9 Å². The monoisotopic (exact) mass is 469 g/mol. The van der Waals surface area contributed by atoms with Crippen molar-refractivity contribution < 1.29 is 8.83 Å². The Labute approximate surface area is 207 Å². The van der Waals surface area contributed by atoms with Gasteiger partial charge in [-0.3, -0.25) is 4.98 Å². The molecule has 174 valence electrons. The van der Waals surface area contributed by atoms with E-state index in [1.807, 2.05) is 48.5 Å². The van der Waals surface area contributed by atoms with Crippen molar-refractivity contribution in [3.8, 4) is 22.5 Å². The molecule has 0 bridgehead atoms. The molecule has 0 N–H and O–H groups in total. The summed E-state index contributed by atoms with van der Waals surface area (Å²) in [5.74, 6) is 0.764. The number of benzene rings is 3. The molecule has 0 radical (unpaired) electrons. The van der Waals surface area contributed by atoms with Crippen LogP contribution in [0.1, 0.15) is 26.6 Å². The maximum Gasteiger partial charge on any atom is 0.180 e. The SMILES string of the molecule is CC(C)(C)c1nc(-c2ccc3c(c2)oc2ccccc23)c2oc3c(-c4ccccn4)cccc3c2n1. The van der Waals surface area contributed by atoms with Crippen molar-refractivity contribution >= 4 is 44.0 Å². The lowest BCUT2D eigenvalue weighted by molar-refractivity contribution is 0.547. The van der Waals surface area contributed by atoms with Crippen molar-refractivity contribution in [3.63, 3.8) is 0 Å². The molecule has 0 saturated carbocycles. The Hall–Kier alpha value is -4.51. The lowest BCUT2D eigenvalue weighted by Crippen LogP contribution is -2.16. The first kappa shape index (κ1) is 20.8. The molecular formula is C31H23N3O2. The van der Waals surface area contributed by atoms with Gasteiger partial charge in [0, 0.05) is 38.9 Å². The Kier molecular flexibility index (Phi) is 4.33. The average Bonchev–Trinajstić information content (AvgIpc) is 3.46. The molecule has 0 spiro atoms. The second kappa shape index (κ2) is 7.49. The van der Waals surface area contributed by atoms with Crippen LogP contribution in [0.5, 0.6) is 0 Å². The van der Waals surface area contributed by atoms with Crippen molar-refractivity contribution in [1.29, 1.82) is 0 Å². The normalized spacial score (nSPS) is 12.3. The van der Waals surface area contributed by atoms with Gasteiger partial charge in [-0.1, -0.05) is 57.2 Å². The molecule has 4 heterocycles. The van der Waals surface area contributed by atoms with E-state index in [1.54, 1.807) is 6.20 Å². The van der Waals surface area contributed by atoms with Gasteiger partial charge in [0.2, 0.25) is 0 Å². The predicted molar refractivity (Wildman–Crippen MR) is 144 cm³/mol. The molecule has 5 heteroatoms. The van der Waals surface area contributed by atoms with Gasteiger partial charge in [-0.25, -0.2) is 9.97 Å². The highest BCUT2D eigenvalue weighted by Crippen LogP contribution is 2.40. The summed E-state index contributed by atoms with van der Waals surface area (Å²) in [5.41, 5.74) is 7.16. The molecule has 7 aromatic rings. The Balaban J connectivity index is 1.55. The average molecular weight is 470 g/mol. The highest BCUT2D eigenvalue weighted by atomic mass is 16.3. The standard InChI is InChI=1S/C31H23N3O2/c1-31(2,3)30-33-26(18-14-15-20-19-9-4-5-13-24(19)35-25(20)17-18)29-27(34-30)22-11-8-10-21(28(22)36-29)23-12-6-7-16-32-23/h4-17H,1-3H3. The smallest absolute Gasteiger partial charge is 0.180 e. The maximum atomic E-state index is 6.57. The fraction of sp³-hybridized carbons (Fsp3) is 0.129. The van der Waals surface area contributed by atoms with Gasteiger partial charge in [0.25, 0.3) is 0 Å². The number of aromatic nitrogens is 3. The van der Waals surface area contributed by atoms with Crippen molar-refractivity contribution in [2.24, 2.45) is 0 Å². The van der Waals surface area contributed by atoms with E-state index in [0.29, 0.717) is 5.58 Å². The zero-order chi connectivity index (χ0) is 24.4. The van der Waals surface area contributed by atoms with Crippen molar-refractivity contribution in [2.45, 2.75) is 26.2 Å². The van der Waals surface area contributed by atoms with Crippen LogP contribution >= 0.6 is 0 Å². The molecular weight excluding hydrogens is 446 g/mol.